The molecule has 2 aromatic carbocycles. The molecular weight excluding hydrogens is 404 g/mol. The Bertz CT molecular complexity index is 1410. The second-order valence-electron chi connectivity index (χ2n) is 6.52. The molecule has 0 atom stereocenters. The van der Waals surface area contributed by atoms with E-state index in [2.05, 4.69) is 21.9 Å². The normalized spacial score (nSPS) is 11.6. The van der Waals surface area contributed by atoms with E-state index in [1.54, 1.807) is 22.8 Å². The molecule has 5 N–H and O–H groups in total. The first kappa shape index (κ1) is 19.6. The Hall–Kier alpha value is -3.76. The lowest BCUT2D eigenvalue weighted by atomic mass is 10.2. The molecule has 10 heteroatoms. The van der Waals surface area contributed by atoms with Gasteiger partial charge in [0.25, 0.3) is 5.91 Å². The largest absolute Gasteiger partial charge is 0.384 e. The quantitative estimate of drug-likeness (QED) is 0.417. The lowest BCUT2D eigenvalue weighted by Gasteiger charge is -2.09. The number of primary sulfonamides is 1. The average molecular weight is 422 g/mol. The highest BCUT2D eigenvalue weighted by atomic mass is 32.2. The Morgan fingerprint density at radius 1 is 1.10 bits per heavy atom. The Labute approximate surface area is 172 Å². The lowest BCUT2D eigenvalue weighted by molar-refractivity contribution is 0.0960. The smallest absolute Gasteiger partial charge is 0.257 e. The van der Waals surface area contributed by atoms with Gasteiger partial charge < -0.3 is 11.1 Å². The molecule has 2 aromatic heterocycles. The third kappa shape index (κ3) is 3.27. The highest BCUT2D eigenvalue weighted by Crippen LogP contribution is 2.31. The van der Waals surface area contributed by atoms with Gasteiger partial charge in [-0.05, 0) is 36.4 Å². The number of amides is 1. The molecule has 9 nitrogen and oxygen atoms in total. The van der Waals surface area contributed by atoms with Crippen molar-refractivity contribution >= 4 is 43.9 Å². The summed E-state index contributed by atoms with van der Waals surface area (Å²) in [6, 6.07) is 13.1. The highest BCUT2D eigenvalue weighted by Gasteiger charge is 2.24. The fourth-order valence-electron chi connectivity index (χ4n) is 3.18. The number of rotatable bonds is 5. The zero-order valence-electron chi connectivity index (χ0n) is 15.7. The Kier molecular flexibility index (Phi) is 4.72. The number of para-hydroxylation sites is 2. The molecule has 0 spiro atoms. The zero-order valence-corrected chi connectivity index (χ0v) is 16.6. The van der Waals surface area contributed by atoms with Gasteiger partial charge in [-0.3, -0.25) is 9.36 Å². The Balaban J connectivity index is 2.01. The summed E-state index contributed by atoms with van der Waals surface area (Å²) >= 11 is 0. The minimum absolute atomic E-state index is 0.0400. The van der Waals surface area contributed by atoms with Gasteiger partial charge in [0.05, 0.1) is 15.9 Å². The van der Waals surface area contributed by atoms with E-state index >= 15 is 0 Å². The summed E-state index contributed by atoms with van der Waals surface area (Å²) in [6.45, 7) is 3.85. The molecule has 0 unspecified atom stereocenters. The van der Waals surface area contributed by atoms with Gasteiger partial charge in [0.2, 0.25) is 10.0 Å². The van der Waals surface area contributed by atoms with Gasteiger partial charge in [0.15, 0.2) is 5.65 Å². The van der Waals surface area contributed by atoms with E-state index in [4.69, 9.17) is 10.9 Å². The second kappa shape index (κ2) is 7.25. The van der Waals surface area contributed by atoms with Gasteiger partial charge in [-0.15, -0.1) is 6.58 Å². The molecule has 1 amide bonds. The lowest BCUT2D eigenvalue weighted by Crippen LogP contribution is -2.24. The molecule has 4 rings (SSSR count). The molecule has 2 heterocycles. The number of carbonyl (C=O) groups excluding carboxylic acids is 1. The topological polar surface area (TPSA) is 146 Å². The number of benzene rings is 2. The van der Waals surface area contributed by atoms with Crippen molar-refractivity contribution in [3.63, 3.8) is 0 Å². The number of nitrogens with one attached hydrogen (secondary N) is 1. The van der Waals surface area contributed by atoms with Crippen molar-refractivity contribution in [1.29, 1.82) is 0 Å². The number of nitrogens with two attached hydrogens (primary N) is 2. The molecule has 4 aromatic rings. The summed E-state index contributed by atoms with van der Waals surface area (Å²) in [5, 5.41) is 7.89. The molecule has 0 radical (unpaired) electrons. The first-order valence-electron chi connectivity index (χ1n) is 8.90. The van der Waals surface area contributed by atoms with Gasteiger partial charge in [-0.2, -0.15) is 0 Å². The van der Waals surface area contributed by atoms with Crippen molar-refractivity contribution in [3.05, 3.63) is 66.7 Å². The first-order valence-corrected chi connectivity index (χ1v) is 10.4. The van der Waals surface area contributed by atoms with Crippen LogP contribution in [-0.4, -0.2) is 35.4 Å². The van der Waals surface area contributed by atoms with E-state index in [0.29, 0.717) is 27.9 Å². The minimum atomic E-state index is -3.84. The maximum absolute atomic E-state index is 12.8. The van der Waals surface area contributed by atoms with Crippen LogP contribution in [-0.2, 0) is 10.0 Å². The summed E-state index contributed by atoms with van der Waals surface area (Å²) in [4.78, 5) is 22.0. The fraction of sp³-hybridized carbons (Fsp3) is 0.0500. The number of aromatic nitrogens is 3. The van der Waals surface area contributed by atoms with Crippen LogP contribution < -0.4 is 16.2 Å². The van der Waals surface area contributed by atoms with E-state index in [0.717, 1.165) is 0 Å². The maximum Gasteiger partial charge on any atom is 0.257 e. The van der Waals surface area contributed by atoms with Crippen LogP contribution in [0.1, 0.15) is 10.4 Å². The van der Waals surface area contributed by atoms with Crippen molar-refractivity contribution < 1.29 is 13.2 Å². The molecule has 0 fully saturated rings. The van der Waals surface area contributed by atoms with Crippen LogP contribution >= 0.6 is 0 Å². The van der Waals surface area contributed by atoms with Crippen molar-refractivity contribution in [1.82, 2.24) is 19.9 Å². The number of fused-ring (bicyclic) bond motifs is 2. The van der Waals surface area contributed by atoms with Crippen molar-refractivity contribution in [2.75, 3.05) is 12.3 Å². The fourth-order valence-corrected chi connectivity index (χ4v) is 3.70. The van der Waals surface area contributed by atoms with E-state index in [-0.39, 0.29) is 22.8 Å². The minimum Gasteiger partial charge on any atom is -0.384 e. The maximum atomic E-state index is 12.8. The third-order valence-electron chi connectivity index (χ3n) is 4.56. The molecule has 0 saturated heterocycles. The highest BCUT2D eigenvalue weighted by molar-refractivity contribution is 7.89. The number of anilines is 1. The molecule has 0 saturated carbocycles. The number of hydrogen-bond donors (Lipinski definition) is 3. The number of sulfonamides is 1. The van der Waals surface area contributed by atoms with Crippen LogP contribution in [0.15, 0.2) is 66.1 Å². The average Bonchev–Trinajstić information content (AvgIpc) is 3.00. The number of nitrogens with zero attached hydrogens (tertiary/aromatic N) is 3. The summed E-state index contributed by atoms with van der Waals surface area (Å²) in [5.74, 6) is -0.285. The summed E-state index contributed by atoms with van der Waals surface area (Å²) < 4.78 is 24.7. The van der Waals surface area contributed by atoms with E-state index in [1.807, 2.05) is 12.1 Å². The number of carbonyl (C=O) groups is 1. The van der Waals surface area contributed by atoms with Gasteiger partial charge >= 0.3 is 0 Å². The zero-order chi connectivity index (χ0) is 21.5. The van der Waals surface area contributed by atoms with Crippen molar-refractivity contribution in [2.24, 2.45) is 5.14 Å². The summed E-state index contributed by atoms with van der Waals surface area (Å²) in [7, 11) is -3.84. The Morgan fingerprint density at radius 3 is 2.33 bits per heavy atom. The third-order valence-corrected chi connectivity index (χ3v) is 5.48. The Morgan fingerprint density at radius 2 is 1.73 bits per heavy atom. The number of nitrogen functional groups attached to an aromatic ring is 1. The van der Waals surface area contributed by atoms with Crippen LogP contribution in [0.5, 0.6) is 0 Å². The SMILES string of the molecule is C=CCNC(=O)c1c(N)n(-c2ccc(S(N)(=O)=O)cc2)c2nc3ccccc3nc12. The molecule has 0 aliphatic carbocycles. The second-order valence-corrected chi connectivity index (χ2v) is 8.08. The summed E-state index contributed by atoms with van der Waals surface area (Å²) in [6.07, 6.45) is 1.56. The molecule has 30 heavy (non-hydrogen) atoms. The molecule has 0 aliphatic rings. The van der Waals surface area contributed by atoms with Crippen LogP contribution in [0.4, 0.5) is 5.82 Å². The standard InChI is InChI=1S/C20H18N6O3S/c1-2-11-23-20(27)16-17-19(25-15-6-4-3-5-14(15)24-17)26(18(16)21)12-7-9-13(10-8-12)30(22,28)29/h2-10H,1,11,21H2,(H,23,27)(H2,22,28,29). The van der Waals surface area contributed by atoms with Crippen molar-refractivity contribution in [3.8, 4) is 5.69 Å². The molecule has 0 bridgehead atoms. The van der Waals surface area contributed by atoms with Crippen LogP contribution in [0, 0.1) is 0 Å². The van der Waals surface area contributed by atoms with E-state index in [9.17, 15) is 13.2 Å². The summed E-state index contributed by atoms with van der Waals surface area (Å²) in [5.41, 5.74) is 9.01. The molecule has 152 valence electrons. The number of hydrogen-bond acceptors (Lipinski definition) is 6. The van der Waals surface area contributed by atoms with Crippen molar-refractivity contribution in [2.45, 2.75) is 4.90 Å². The van der Waals surface area contributed by atoms with Gasteiger partial charge in [-0.25, -0.2) is 23.5 Å². The molecule has 0 aliphatic heterocycles. The van der Waals surface area contributed by atoms with Crippen LogP contribution in [0.3, 0.4) is 0 Å². The van der Waals surface area contributed by atoms with Crippen LogP contribution in [0.25, 0.3) is 27.9 Å². The van der Waals surface area contributed by atoms with E-state index in [1.165, 1.54) is 24.3 Å². The van der Waals surface area contributed by atoms with Gasteiger partial charge in [-0.1, -0.05) is 18.2 Å². The predicted molar refractivity (Wildman–Crippen MR) is 115 cm³/mol. The van der Waals surface area contributed by atoms with Gasteiger partial charge in [0.1, 0.15) is 16.9 Å². The first-order chi connectivity index (χ1) is 14.3. The van der Waals surface area contributed by atoms with Crippen LogP contribution in [0.2, 0.25) is 0 Å². The van der Waals surface area contributed by atoms with Gasteiger partial charge in [0, 0.05) is 12.2 Å². The monoisotopic (exact) mass is 422 g/mol. The molecular formula is C20H18N6O3S. The van der Waals surface area contributed by atoms with E-state index < -0.39 is 15.9 Å². The predicted octanol–water partition coefficient (Wildman–Crippen LogP) is 1.72.